The summed E-state index contributed by atoms with van der Waals surface area (Å²) in [6, 6.07) is 13.9. The third-order valence-corrected chi connectivity index (χ3v) is 6.72. The smallest absolute Gasteiger partial charge is 0.259 e. The lowest BCUT2D eigenvalue weighted by Crippen LogP contribution is -2.33. The molecule has 0 fully saturated rings. The summed E-state index contributed by atoms with van der Waals surface area (Å²) in [5.41, 5.74) is 5.63. The summed E-state index contributed by atoms with van der Waals surface area (Å²) >= 11 is 6.18. The second-order valence-electron chi connectivity index (χ2n) is 9.07. The molecule has 6 heteroatoms. The van der Waals surface area contributed by atoms with Crippen LogP contribution >= 0.6 is 11.6 Å². The van der Waals surface area contributed by atoms with Gasteiger partial charge in [-0.05, 0) is 47.7 Å². The summed E-state index contributed by atoms with van der Waals surface area (Å²) in [7, 11) is 0. The van der Waals surface area contributed by atoms with E-state index in [1.807, 2.05) is 36.4 Å². The summed E-state index contributed by atoms with van der Waals surface area (Å²) in [6.45, 7) is 7.07. The number of imide groups is 1. The van der Waals surface area contributed by atoms with Crippen molar-refractivity contribution >= 4 is 40.0 Å². The van der Waals surface area contributed by atoms with Crippen LogP contribution in [0.25, 0.3) is 10.9 Å². The molecule has 3 aromatic rings. The van der Waals surface area contributed by atoms with E-state index in [1.54, 1.807) is 0 Å². The van der Waals surface area contributed by atoms with Crippen molar-refractivity contribution in [1.29, 1.82) is 0 Å². The van der Waals surface area contributed by atoms with E-state index >= 15 is 0 Å². The van der Waals surface area contributed by atoms with Gasteiger partial charge in [0.25, 0.3) is 5.91 Å². The maximum absolute atomic E-state index is 13.5. The molecule has 0 bridgehead atoms. The van der Waals surface area contributed by atoms with Gasteiger partial charge >= 0.3 is 0 Å². The highest BCUT2D eigenvalue weighted by atomic mass is 35.5. The second kappa shape index (κ2) is 7.82. The van der Waals surface area contributed by atoms with E-state index in [2.05, 4.69) is 36.0 Å². The highest BCUT2D eigenvalue weighted by Gasteiger charge is 2.41. The highest BCUT2D eigenvalue weighted by Crippen LogP contribution is 2.46. The molecule has 1 atom stereocenters. The lowest BCUT2D eigenvalue weighted by atomic mass is 9.84. The summed E-state index contributed by atoms with van der Waals surface area (Å²) in [6.07, 6.45) is 3.26. The van der Waals surface area contributed by atoms with Gasteiger partial charge < -0.3 is 9.88 Å². The highest BCUT2D eigenvalue weighted by molar-refractivity contribution is 6.30. The van der Waals surface area contributed by atoms with Crippen LogP contribution in [0.5, 0.6) is 0 Å². The predicted octanol–water partition coefficient (Wildman–Crippen LogP) is 5.54. The number of nitrogens with one attached hydrogen (secondary N) is 1. The largest absolute Gasteiger partial charge is 0.356 e. The number of carbonyl (C=O) groups excluding carboxylic acids is 2. The number of halogens is 1. The Morgan fingerprint density at radius 2 is 1.94 bits per heavy atom. The van der Waals surface area contributed by atoms with Gasteiger partial charge in [0.05, 0.1) is 17.6 Å². The van der Waals surface area contributed by atoms with Gasteiger partial charge in [0.15, 0.2) is 0 Å². The Hall–Kier alpha value is -3.05. The zero-order chi connectivity index (χ0) is 22.6. The Kier molecular flexibility index (Phi) is 5.09. The number of aryl methyl sites for hydroxylation is 1. The molecule has 0 saturated heterocycles. The normalized spacial score (nSPS) is 17.7. The van der Waals surface area contributed by atoms with E-state index in [9.17, 15) is 9.59 Å². The van der Waals surface area contributed by atoms with Crippen molar-refractivity contribution in [1.82, 2.24) is 9.47 Å². The van der Waals surface area contributed by atoms with E-state index in [1.165, 1.54) is 11.8 Å². The predicted molar refractivity (Wildman–Crippen MR) is 128 cm³/mol. The quantitative estimate of drug-likeness (QED) is 0.571. The van der Waals surface area contributed by atoms with E-state index < -0.39 is 0 Å². The molecule has 0 saturated carbocycles. The van der Waals surface area contributed by atoms with Gasteiger partial charge in [-0.1, -0.05) is 43.6 Å². The monoisotopic (exact) mass is 447 g/mol. The van der Waals surface area contributed by atoms with Crippen molar-refractivity contribution in [2.24, 2.45) is 5.92 Å². The fourth-order valence-electron chi connectivity index (χ4n) is 4.86. The molecule has 3 heterocycles. The van der Waals surface area contributed by atoms with Crippen LogP contribution in [0.2, 0.25) is 5.02 Å². The van der Waals surface area contributed by atoms with Crippen molar-refractivity contribution in [3.8, 4) is 0 Å². The second-order valence-corrected chi connectivity index (χ2v) is 9.51. The molecule has 1 N–H and O–H groups in total. The number of nitrogens with zero attached hydrogens (tertiary/aromatic N) is 2. The molecule has 2 aliphatic heterocycles. The lowest BCUT2D eigenvalue weighted by molar-refractivity contribution is -0.139. The summed E-state index contributed by atoms with van der Waals surface area (Å²) < 4.78 is 2.30. The molecular formula is C26H26ClN3O2. The number of amides is 2. The number of anilines is 1. The van der Waals surface area contributed by atoms with Crippen LogP contribution in [0.3, 0.4) is 0 Å². The molecule has 2 aliphatic rings. The Balaban J connectivity index is 1.75. The van der Waals surface area contributed by atoms with Crippen molar-refractivity contribution < 1.29 is 9.59 Å². The molecule has 32 heavy (non-hydrogen) atoms. The number of carbonyl (C=O) groups is 2. The van der Waals surface area contributed by atoms with Crippen molar-refractivity contribution in [3.05, 3.63) is 76.1 Å². The first-order valence-corrected chi connectivity index (χ1v) is 11.4. The third kappa shape index (κ3) is 3.32. The summed E-state index contributed by atoms with van der Waals surface area (Å²) in [4.78, 5) is 27.0. The fraction of sp³-hybridized carbons (Fsp3) is 0.308. The number of aromatic nitrogens is 1. The van der Waals surface area contributed by atoms with Crippen molar-refractivity contribution in [3.63, 3.8) is 0 Å². The Morgan fingerprint density at radius 1 is 1.19 bits per heavy atom. The number of rotatable bonds is 4. The number of hydrogen-bond donors (Lipinski definition) is 1. The van der Waals surface area contributed by atoms with Crippen molar-refractivity contribution in [2.45, 2.75) is 39.7 Å². The minimum atomic E-state index is -0.280. The summed E-state index contributed by atoms with van der Waals surface area (Å²) in [5, 5.41) is 5.30. The van der Waals surface area contributed by atoms with Gasteiger partial charge in [-0.15, -0.1) is 0 Å². The molecule has 2 aromatic carbocycles. The van der Waals surface area contributed by atoms with Crippen LogP contribution in [0.15, 0.2) is 59.9 Å². The first-order chi connectivity index (χ1) is 15.3. The first kappa shape index (κ1) is 20.8. The van der Waals surface area contributed by atoms with Gasteiger partial charge in [0.2, 0.25) is 5.91 Å². The number of benzene rings is 2. The van der Waals surface area contributed by atoms with Crippen LogP contribution < -0.4 is 5.32 Å². The van der Waals surface area contributed by atoms with Crippen molar-refractivity contribution in [2.75, 3.05) is 11.9 Å². The first-order valence-electron chi connectivity index (χ1n) is 11.0. The molecular weight excluding hydrogens is 422 g/mol. The fourth-order valence-corrected chi connectivity index (χ4v) is 4.98. The van der Waals surface area contributed by atoms with E-state index in [0.29, 0.717) is 16.5 Å². The SMILES string of the molecule is CC(=O)N1CC2=C(C1=O)C(c1ccc(Cl)cc1)c1cn(CCC(C)C)c3cccc(c13)N2. The minimum absolute atomic E-state index is 0.226. The Morgan fingerprint density at radius 3 is 2.62 bits per heavy atom. The molecule has 5 rings (SSSR count). The van der Waals surface area contributed by atoms with Gasteiger partial charge in [-0.2, -0.15) is 0 Å². The molecule has 5 nitrogen and oxygen atoms in total. The maximum atomic E-state index is 13.5. The van der Waals surface area contributed by atoms with Crippen LogP contribution in [-0.2, 0) is 16.1 Å². The standard InChI is InChI=1S/C26H26ClN3O2/c1-15(2)11-12-29-13-19-23(17-7-9-18(27)10-8-17)25-21(14-30(16(3)31)26(25)32)28-20-5-4-6-22(29)24(19)20/h4-10,13,15,23,28H,11-12,14H2,1-3H3. The molecule has 2 amide bonds. The van der Waals surface area contributed by atoms with Crippen LogP contribution in [0, 0.1) is 5.92 Å². The van der Waals surface area contributed by atoms with Crippen LogP contribution in [0.4, 0.5) is 5.69 Å². The van der Waals surface area contributed by atoms with Crippen LogP contribution in [-0.4, -0.2) is 27.8 Å². The Labute approximate surface area is 192 Å². The number of hydrogen-bond acceptors (Lipinski definition) is 3. The average Bonchev–Trinajstić information content (AvgIpc) is 3.23. The average molecular weight is 448 g/mol. The molecule has 1 aromatic heterocycles. The Bertz CT molecular complexity index is 1270. The third-order valence-electron chi connectivity index (χ3n) is 6.47. The molecule has 1 unspecified atom stereocenters. The van der Waals surface area contributed by atoms with E-state index in [4.69, 9.17) is 11.6 Å². The van der Waals surface area contributed by atoms with E-state index in [0.717, 1.165) is 46.4 Å². The zero-order valence-electron chi connectivity index (χ0n) is 18.5. The zero-order valence-corrected chi connectivity index (χ0v) is 19.2. The molecule has 164 valence electrons. The summed E-state index contributed by atoms with van der Waals surface area (Å²) in [5.74, 6) is -0.159. The van der Waals surface area contributed by atoms with Gasteiger partial charge in [0, 0.05) is 47.4 Å². The van der Waals surface area contributed by atoms with Gasteiger partial charge in [-0.25, -0.2) is 0 Å². The van der Waals surface area contributed by atoms with Gasteiger partial charge in [0.1, 0.15) is 0 Å². The maximum Gasteiger partial charge on any atom is 0.259 e. The topological polar surface area (TPSA) is 54.3 Å². The van der Waals surface area contributed by atoms with Gasteiger partial charge in [-0.3, -0.25) is 14.5 Å². The van der Waals surface area contributed by atoms with Crippen LogP contribution in [0.1, 0.15) is 44.2 Å². The molecule has 0 radical (unpaired) electrons. The molecule has 0 aliphatic carbocycles. The lowest BCUT2D eigenvalue weighted by Gasteiger charge is -2.19. The molecule has 0 spiro atoms. The van der Waals surface area contributed by atoms with E-state index in [-0.39, 0.29) is 24.3 Å². The minimum Gasteiger partial charge on any atom is -0.356 e.